The van der Waals surface area contributed by atoms with E-state index in [1.54, 1.807) is 18.8 Å². The Bertz CT molecular complexity index is 841. The second-order valence-corrected chi connectivity index (χ2v) is 6.14. The number of rotatable bonds is 5. The molecule has 1 N–H and O–H groups in total. The number of aryl methyl sites for hydroxylation is 1. The first-order valence-electron chi connectivity index (χ1n) is 7.62. The summed E-state index contributed by atoms with van der Waals surface area (Å²) in [5, 5.41) is 3.67. The second kappa shape index (κ2) is 6.87. The summed E-state index contributed by atoms with van der Waals surface area (Å²) < 4.78 is 2.22. The summed E-state index contributed by atoms with van der Waals surface area (Å²) in [5.74, 6) is 0.728. The van der Waals surface area contributed by atoms with E-state index in [2.05, 4.69) is 22.9 Å². The van der Waals surface area contributed by atoms with Gasteiger partial charge in [0.2, 0.25) is 0 Å². The number of thioether (sulfide) groups is 1. The highest BCUT2D eigenvalue weighted by molar-refractivity contribution is 7.98. The van der Waals surface area contributed by atoms with Crippen LogP contribution in [0.4, 0.5) is 0 Å². The molecule has 3 aromatic rings. The number of carbonyl (C=O) groups is 1. The summed E-state index contributed by atoms with van der Waals surface area (Å²) in [6.07, 6.45) is 0. The van der Waals surface area contributed by atoms with Crippen LogP contribution < -0.4 is 5.32 Å². The molecule has 1 heterocycles. The van der Waals surface area contributed by atoms with Gasteiger partial charge < -0.3 is 9.88 Å². The van der Waals surface area contributed by atoms with Crippen molar-refractivity contribution < 1.29 is 4.79 Å². The Labute approximate surface area is 139 Å². The predicted octanol–water partition coefficient (Wildman–Crippen LogP) is 3.71. The van der Waals surface area contributed by atoms with Gasteiger partial charge in [-0.25, -0.2) is 4.98 Å². The van der Waals surface area contributed by atoms with Gasteiger partial charge in [0.05, 0.1) is 11.0 Å². The fraction of sp³-hybridized carbons (Fsp3) is 0.222. The zero-order valence-corrected chi connectivity index (χ0v) is 14.1. The number of nitrogens with one attached hydrogen (secondary N) is 1. The van der Waals surface area contributed by atoms with E-state index >= 15 is 0 Å². The quantitative estimate of drug-likeness (QED) is 0.728. The first kappa shape index (κ1) is 15.6. The van der Waals surface area contributed by atoms with Crippen LogP contribution in [0, 0.1) is 0 Å². The number of fused-ring (bicyclic) bond motifs is 1. The van der Waals surface area contributed by atoms with E-state index < -0.39 is 0 Å². The van der Waals surface area contributed by atoms with Crippen molar-refractivity contribution in [1.82, 2.24) is 14.9 Å². The molecule has 1 amide bonds. The molecule has 0 bridgehead atoms. The molecule has 0 atom stereocenters. The first-order chi connectivity index (χ1) is 11.2. The summed E-state index contributed by atoms with van der Waals surface area (Å²) >= 11 is 1.70. The van der Waals surface area contributed by atoms with Gasteiger partial charge in [-0.3, -0.25) is 4.79 Å². The van der Waals surface area contributed by atoms with Crippen LogP contribution in [0.3, 0.4) is 0 Å². The van der Waals surface area contributed by atoms with Crippen molar-refractivity contribution >= 4 is 28.7 Å². The number of aromatic nitrogens is 2. The van der Waals surface area contributed by atoms with Gasteiger partial charge in [-0.05, 0) is 36.8 Å². The summed E-state index contributed by atoms with van der Waals surface area (Å²) in [4.78, 5) is 16.4. The van der Waals surface area contributed by atoms with Gasteiger partial charge >= 0.3 is 0 Å². The normalized spacial score (nSPS) is 10.9. The Morgan fingerprint density at radius 2 is 2.04 bits per heavy atom. The molecule has 5 heteroatoms. The van der Waals surface area contributed by atoms with Gasteiger partial charge in [0.25, 0.3) is 5.91 Å². The fourth-order valence-electron chi connectivity index (χ4n) is 2.56. The summed E-state index contributed by atoms with van der Waals surface area (Å²) in [6.45, 7) is 3.02. The zero-order valence-electron chi connectivity index (χ0n) is 13.2. The highest BCUT2D eigenvalue weighted by Gasteiger charge is 2.10. The molecule has 0 spiro atoms. The van der Waals surface area contributed by atoms with Gasteiger partial charge in [0.15, 0.2) is 5.16 Å². The number of benzene rings is 2. The third kappa shape index (κ3) is 3.24. The summed E-state index contributed by atoms with van der Waals surface area (Å²) in [6, 6.07) is 15.9. The largest absolute Gasteiger partial charge is 0.355 e. The third-order valence-electron chi connectivity index (χ3n) is 3.72. The Morgan fingerprint density at radius 3 is 2.83 bits per heavy atom. The topological polar surface area (TPSA) is 46.9 Å². The molecular formula is C18H19N3OS. The van der Waals surface area contributed by atoms with E-state index in [1.807, 2.05) is 42.5 Å². The Kier molecular flexibility index (Phi) is 4.67. The highest BCUT2D eigenvalue weighted by Crippen LogP contribution is 2.26. The molecule has 3 rings (SSSR count). The molecule has 0 aliphatic heterocycles. The first-order valence-corrected chi connectivity index (χ1v) is 8.60. The van der Waals surface area contributed by atoms with Crippen molar-refractivity contribution in [2.45, 2.75) is 24.4 Å². The SMILES string of the molecule is CCn1c(SCc2cccc(C(=O)NC)c2)nc2ccccc21. The highest BCUT2D eigenvalue weighted by atomic mass is 32.2. The van der Waals surface area contributed by atoms with Gasteiger partial charge in [-0.15, -0.1) is 0 Å². The number of imidazole rings is 1. The summed E-state index contributed by atoms with van der Waals surface area (Å²) in [7, 11) is 1.65. The molecule has 1 aromatic heterocycles. The minimum absolute atomic E-state index is 0.0577. The lowest BCUT2D eigenvalue weighted by atomic mass is 10.1. The molecule has 4 nitrogen and oxygen atoms in total. The van der Waals surface area contributed by atoms with Gasteiger partial charge in [-0.1, -0.05) is 36.0 Å². The Hall–Kier alpha value is -2.27. The Morgan fingerprint density at radius 1 is 1.22 bits per heavy atom. The number of hydrogen-bond acceptors (Lipinski definition) is 3. The molecule has 0 saturated carbocycles. The maximum absolute atomic E-state index is 11.7. The standard InChI is InChI=1S/C18H19N3OS/c1-3-21-16-10-5-4-9-15(16)20-18(21)23-12-13-7-6-8-14(11-13)17(22)19-2/h4-11H,3,12H2,1-2H3,(H,19,22). The lowest BCUT2D eigenvalue weighted by molar-refractivity contribution is 0.0963. The van der Waals surface area contributed by atoms with E-state index in [1.165, 1.54) is 0 Å². The minimum atomic E-state index is -0.0577. The van der Waals surface area contributed by atoms with Crippen LogP contribution >= 0.6 is 11.8 Å². The number of para-hydroxylation sites is 2. The smallest absolute Gasteiger partial charge is 0.251 e. The van der Waals surface area contributed by atoms with Crippen molar-refractivity contribution in [2.75, 3.05) is 7.05 Å². The van der Waals surface area contributed by atoms with Gasteiger partial charge in [-0.2, -0.15) is 0 Å². The molecule has 0 saturated heterocycles. The average molecular weight is 325 g/mol. The zero-order chi connectivity index (χ0) is 16.2. The van der Waals surface area contributed by atoms with Crippen LogP contribution in [0.2, 0.25) is 0 Å². The molecular weight excluding hydrogens is 306 g/mol. The van der Waals surface area contributed by atoms with Gasteiger partial charge in [0.1, 0.15) is 0 Å². The molecule has 0 aliphatic carbocycles. The van der Waals surface area contributed by atoms with E-state index in [9.17, 15) is 4.79 Å². The lowest BCUT2D eigenvalue weighted by Crippen LogP contribution is -2.17. The molecule has 0 radical (unpaired) electrons. The number of amides is 1. The predicted molar refractivity (Wildman–Crippen MR) is 94.8 cm³/mol. The van der Waals surface area contributed by atoms with Gasteiger partial charge in [0, 0.05) is 24.9 Å². The van der Waals surface area contributed by atoms with Crippen LogP contribution in [0.25, 0.3) is 11.0 Å². The van der Waals surface area contributed by atoms with Crippen molar-refractivity contribution in [3.05, 3.63) is 59.7 Å². The molecule has 0 unspecified atom stereocenters. The number of carbonyl (C=O) groups excluding carboxylic acids is 1. The molecule has 2 aromatic carbocycles. The van der Waals surface area contributed by atoms with E-state index in [0.717, 1.165) is 34.1 Å². The summed E-state index contributed by atoms with van der Waals surface area (Å²) in [5.41, 5.74) is 3.99. The monoisotopic (exact) mass is 325 g/mol. The maximum Gasteiger partial charge on any atom is 0.251 e. The molecule has 0 aliphatic rings. The van der Waals surface area contributed by atoms with Crippen LogP contribution in [-0.2, 0) is 12.3 Å². The Balaban J connectivity index is 1.82. The molecule has 0 fully saturated rings. The second-order valence-electron chi connectivity index (χ2n) is 5.20. The average Bonchev–Trinajstić information content (AvgIpc) is 2.97. The molecule has 23 heavy (non-hydrogen) atoms. The number of nitrogens with zero attached hydrogens (tertiary/aromatic N) is 2. The van der Waals surface area contributed by atoms with Crippen molar-refractivity contribution in [3.63, 3.8) is 0 Å². The van der Waals surface area contributed by atoms with Crippen molar-refractivity contribution in [2.24, 2.45) is 0 Å². The van der Waals surface area contributed by atoms with E-state index in [0.29, 0.717) is 5.56 Å². The maximum atomic E-state index is 11.7. The van der Waals surface area contributed by atoms with Crippen molar-refractivity contribution in [3.8, 4) is 0 Å². The lowest BCUT2D eigenvalue weighted by Gasteiger charge is -2.07. The van der Waals surface area contributed by atoms with Crippen LogP contribution in [0.15, 0.2) is 53.7 Å². The van der Waals surface area contributed by atoms with E-state index in [4.69, 9.17) is 4.98 Å². The van der Waals surface area contributed by atoms with Crippen LogP contribution in [-0.4, -0.2) is 22.5 Å². The number of hydrogen-bond donors (Lipinski definition) is 1. The third-order valence-corrected chi connectivity index (χ3v) is 4.77. The van der Waals surface area contributed by atoms with Crippen LogP contribution in [0.1, 0.15) is 22.8 Å². The van der Waals surface area contributed by atoms with E-state index in [-0.39, 0.29) is 5.91 Å². The van der Waals surface area contributed by atoms with Crippen molar-refractivity contribution in [1.29, 1.82) is 0 Å². The molecule has 118 valence electrons. The van der Waals surface area contributed by atoms with Crippen LogP contribution in [0.5, 0.6) is 0 Å². The minimum Gasteiger partial charge on any atom is -0.355 e. The fourth-order valence-corrected chi connectivity index (χ4v) is 3.59.